The van der Waals surface area contributed by atoms with Crippen LogP contribution in [-0.4, -0.2) is 121 Å². The second kappa shape index (κ2) is 16.6. The van der Waals surface area contributed by atoms with Gasteiger partial charge in [-0.1, -0.05) is 61.0 Å². The summed E-state index contributed by atoms with van der Waals surface area (Å²) in [5.41, 5.74) is -0.110. The molecular formula is C36H66N6O4. The number of carbonyl (C=O) groups is 4. The van der Waals surface area contributed by atoms with E-state index in [-0.39, 0.29) is 53.1 Å². The third-order valence-corrected chi connectivity index (χ3v) is 9.45. The van der Waals surface area contributed by atoms with Crippen molar-refractivity contribution in [2.75, 3.05) is 47.3 Å². The molecule has 2 rings (SSSR count). The van der Waals surface area contributed by atoms with Gasteiger partial charge in [0.2, 0.25) is 23.6 Å². The largest absolute Gasteiger partial charge is 0.354 e. The van der Waals surface area contributed by atoms with E-state index in [1.165, 1.54) is 0 Å². The summed E-state index contributed by atoms with van der Waals surface area (Å²) in [6, 6.07) is -1.61. The highest BCUT2D eigenvalue weighted by atomic mass is 16.2. The van der Waals surface area contributed by atoms with Crippen LogP contribution >= 0.6 is 0 Å². The van der Waals surface area contributed by atoms with E-state index >= 15 is 0 Å². The first-order valence-corrected chi connectivity index (χ1v) is 17.4. The highest BCUT2D eigenvalue weighted by Gasteiger charge is 2.40. The van der Waals surface area contributed by atoms with Crippen molar-refractivity contribution in [3.05, 3.63) is 11.6 Å². The Hall–Kier alpha value is -2.46. The Labute approximate surface area is 280 Å². The van der Waals surface area contributed by atoms with E-state index in [4.69, 9.17) is 0 Å². The first kappa shape index (κ1) is 39.7. The quantitative estimate of drug-likeness (QED) is 0.294. The van der Waals surface area contributed by atoms with E-state index in [2.05, 4.69) is 48.1 Å². The van der Waals surface area contributed by atoms with Crippen LogP contribution in [0, 0.1) is 16.7 Å². The van der Waals surface area contributed by atoms with E-state index < -0.39 is 17.5 Å². The van der Waals surface area contributed by atoms with Gasteiger partial charge in [-0.25, -0.2) is 0 Å². The van der Waals surface area contributed by atoms with Gasteiger partial charge in [-0.3, -0.25) is 24.1 Å². The van der Waals surface area contributed by atoms with Crippen LogP contribution in [0.15, 0.2) is 11.6 Å². The zero-order valence-electron chi connectivity index (χ0n) is 31.3. The van der Waals surface area contributed by atoms with Crippen LogP contribution < -0.4 is 10.6 Å². The predicted octanol–water partition coefficient (Wildman–Crippen LogP) is 3.90. The van der Waals surface area contributed by atoms with Crippen molar-refractivity contribution >= 4 is 23.6 Å². The Morgan fingerprint density at radius 2 is 1.48 bits per heavy atom. The fourth-order valence-electron chi connectivity index (χ4n) is 7.04. The standard InChI is InChI=1S/C36H66N6O4/c1-24(2)29(21-26(5)33(45)42-20-16-18-27(42)31(43)37-22-36(9,10)23-39(11)12)40(13)34(46)30(35(6,7)8)38-32(44)28-17-14-15-19-41(28)25(3)4/h21,24-25,27-30H,14-20,22-23H2,1-13H3,(H,37,43)(H,38,44)/b26-21+/t27-,28+,29+,30+/m0/s1. The van der Waals surface area contributed by atoms with Crippen molar-refractivity contribution in [2.24, 2.45) is 16.7 Å². The van der Waals surface area contributed by atoms with E-state index in [9.17, 15) is 19.2 Å². The minimum Gasteiger partial charge on any atom is -0.354 e. The number of likely N-dealkylation sites (tertiary alicyclic amines) is 2. The number of carbonyl (C=O) groups excluding carboxylic acids is 4. The topological polar surface area (TPSA) is 105 Å². The van der Waals surface area contributed by atoms with Gasteiger partial charge in [0.15, 0.2) is 0 Å². The first-order valence-electron chi connectivity index (χ1n) is 17.4. The van der Waals surface area contributed by atoms with Gasteiger partial charge in [0.1, 0.15) is 12.1 Å². The molecule has 4 atom stereocenters. The highest BCUT2D eigenvalue weighted by Crippen LogP contribution is 2.27. The lowest BCUT2D eigenvalue weighted by Gasteiger charge is -2.41. The van der Waals surface area contributed by atoms with Crippen molar-refractivity contribution in [2.45, 2.75) is 132 Å². The summed E-state index contributed by atoms with van der Waals surface area (Å²) in [5, 5.41) is 6.23. The molecule has 2 N–H and O–H groups in total. The fourth-order valence-corrected chi connectivity index (χ4v) is 7.04. The summed E-state index contributed by atoms with van der Waals surface area (Å²) in [6.07, 6.45) is 6.12. The third kappa shape index (κ3) is 10.8. The number of likely N-dealkylation sites (N-methyl/N-ethyl adjacent to an activating group) is 1. The molecule has 0 unspecified atom stereocenters. The van der Waals surface area contributed by atoms with Crippen LogP contribution in [0.1, 0.15) is 101 Å². The molecule has 0 aromatic carbocycles. The van der Waals surface area contributed by atoms with Crippen molar-refractivity contribution in [1.82, 2.24) is 30.2 Å². The minimum absolute atomic E-state index is 0.0133. The lowest BCUT2D eigenvalue weighted by atomic mass is 9.84. The van der Waals surface area contributed by atoms with E-state index in [0.29, 0.717) is 25.1 Å². The van der Waals surface area contributed by atoms with Crippen LogP contribution in [0.4, 0.5) is 0 Å². The lowest BCUT2D eigenvalue weighted by Crippen LogP contribution is -2.60. The monoisotopic (exact) mass is 647 g/mol. The Balaban J connectivity index is 2.22. The van der Waals surface area contributed by atoms with Gasteiger partial charge in [-0.15, -0.1) is 0 Å². The number of hydrogen-bond donors (Lipinski definition) is 2. The van der Waals surface area contributed by atoms with E-state index in [1.54, 1.807) is 23.8 Å². The number of piperidine rings is 1. The Kier molecular flexibility index (Phi) is 14.3. The SMILES string of the molecule is C/C(=C\[C@H](C(C)C)N(C)C(=O)[C@@H](NC(=O)[C@H]1CCCCN1C(C)C)C(C)(C)C)C(=O)N1CCC[C@H]1C(=O)NCC(C)(C)CN(C)C. The maximum absolute atomic E-state index is 14.2. The van der Waals surface area contributed by atoms with Crippen LogP contribution in [0.25, 0.3) is 0 Å². The highest BCUT2D eigenvalue weighted by molar-refractivity contribution is 5.97. The molecule has 0 aliphatic carbocycles. The van der Waals surface area contributed by atoms with Gasteiger partial charge in [-0.05, 0) is 83.8 Å². The average Bonchev–Trinajstić information content (AvgIpc) is 3.44. The second-order valence-corrected chi connectivity index (χ2v) is 16.5. The molecule has 0 radical (unpaired) electrons. The van der Waals surface area contributed by atoms with Crippen LogP contribution in [0.2, 0.25) is 0 Å². The van der Waals surface area contributed by atoms with Crippen LogP contribution in [0.3, 0.4) is 0 Å². The molecule has 264 valence electrons. The van der Waals surface area contributed by atoms with E-state index in [1.807, 2.05) is 54.8 Å². The second-order valence-electron chi connectivity index (χ2n) is 16.5. The van der Waals surface area contributed by atoms with Crippen LogP contribution in [0.5, 0.6) is 0 Å². The fraction of sp³-hybridized carbons (Fsp3) is 0.833. The average molecular weight is 647 g/mol. The van der Waals surface area contributed by atoms with Crippen molar-refractivity contribution in [3.8, 4) is 0 Å². The maximum atomic E-state index is 14.2. The molecule has 2 aliphatic rings. The zero-order chi connectivity index (χ0) is 35.1. The summed E-state index contributed by atoms with van der Waals surface area (Å²) >= 11 is 0. The summed E-state index contributed by atoms with van der Waals surface area (Å²) in [6.45, 7) is 23.0. The molecule has 2 heterocycles. The third-order valence-electron chi connectivity index (χ3n) is 9.45. The van der Waals surface area contributed by atoms with Gasteiger partial charge < -0.3 is 25.3 Å². The molecule has 46 heavy (non-hydrogen) atoms. The molecule has 0 saturated carbocycles. The molecule has 0 aromatic heterocycles. The Morgan fingerprint density at radius 1 is 0.870 bits per heavy atom. The van der Waals surface area contributed by atoms with Crippen molar-refractivity contribution in [1.29, 1.82) is 0 Å². The summed E-state index contributed by atoms with van der Waals surface area (Å²) in [4.78, 5) is 62.5. The molecular weight excluding hydrogens is 580 g/mol. The van der Waals surface area contributed by atoms with E-state index in [0.717, 1.165) is 38.8 Å². The number of nitrogens with one attached hydrogen (secondary N) is 2. The van der Waals surface area contributed by atoms with Gasteiger partial charge in [-0.2, -0.15) is 0 Å². The van der Waals surface area contributed by atoms with Gasteiger partial charge in [0.05, 0.1) is 12.1 Å². The molecule has 10 heteroatoms. The maximum Gasteiger partial charge on any atom is 0.249 e. The molecule has 0 aromatic rings. The summed E-state index contributed by atoms with van der Waals surface area (Å²) in [7, 11) is 5.79. The summed E-state index contributed by atoms with van der Waals surface area (Å²) < 4.78 is 0. The van der Waals surface area contributed by atoms with Gasteiger partial charge in [0.25, 0.3) is 0 Å². The molecule has 4 amide bonds. The number of hydrogen-bond acceptors (Lipinski definition) is 6. The molecule has 2 aliphatic heterocycles. The van der Waals surface area contributed by atoms with Crippen LogP contribution in [-0.2, 0) is 19.2 Å². The molecule has 10 nitrogen and oxygen atoms in total. The minimum atomic E-state index is -0.727. The van der Waals surface area contributed by atoms with Gasteiger partial charge >= 0.3 is 0 Å². The summed E-state index contributed by atoms with van der Waals surface area (Å²) in [5.74, 6) is -0.554. The normalized spacial score (nSPS) is 21.5. The smallest absolute Gasteiger partial charge is 0.249 e. The molecule has 0 spiro atoms. The lowest BCUT2D eigenvalue weighted by molar-refractivity contribution is -0.142. The number of amides is 4. The molecule has 2 fully saturated rings. The predicted molar refractivity (Wildman–Crippen MR) is 186 cm³/mol. The number of rotatable bonds is 13. The zero-order valence-corrected chi connectivity index (χ0v) is 31.3. The van der Waals surface area contributed by atoms with Crippen molar-refractivity contribution in [3.63, 3.8) is 0 Å². The first-order chi connectivity index (χ1) is 21.2. The molecule has 0 bridgehead atoms. The Morgan fingerprint density at radius 3 is 2.02 bits per heavy atom. The number of nitrogens with zero attached hydrogens (tertiary/aromatic N) is 4. The van der Waals surface area contributed by atoms with Gasteiger partial charge in [0, 0.05) is 38.3 Å². The molecule has 2 saturated heterocycles. The van der Waals surface area contributed by atoms with Crippen molar-refractivity contribution < 1.29 is 19.2 Å². The Bertz CT molecular complexity index is 1090.